The average Bonchev–Trinajstić information content (AvgIpc) is 3.07. The quantitative estimate of drug-likeness (QED) is 0.437. The van der Waals surface area contributed by atoms with E-state index in [0.717, 1.165) is 12.8 Å². The van der Waals surface area contributed by atoms with E-state index in [9.17, 15) is 23.6 Å². The average molecular weight is 617 g/mol. The Balaban J connectivity index is 0.990. The Labute approximate surface area is 262 Å². The number of H-pyrrole nitrogens is 1. The number of piperazine rings is 2. The first kappa shape index (κ1) is 30.9. The number of halogens is 1. The molecule has 10 nitrogen and oxygen atoms in total. The van der Waals surface area contributed by atoms with Crippen molar-refractivity contribution in [2.75, 3.05) is 58.9 Å². The van der Waals surface area contributed by atoms with Crippen LogP contribution in [0.25, 0.3) is 10.8 Å². The van der Waals surface area contributed by atoms with Gasteiger partial charge >= 0.3 is 0 Å². The van der Waals surface area contributed by atoms with Gasteiger partial charge in [-0.15, -0.1) is 0 Å². The third-order valence-corrected chi connectivity index (χ3v) is 9.60. The van der Waals surface area contributed by atoms with Crippen molar-refractivity contribution in [2.24, 2.45) is 5.92 Å². The van der Waals surface area contributed by atoms with Crippen molar-refractivity contribution in [3.05, 3.63) is 75.5 Å². The number of carbonyl (C=O) groups is 3. The summed E-state index contributed by atoms with van der Waals surface area (Å²) < 4.78 is 14.9. The zero-order valence-electron chi connectivity index (χ0n) is 25.7. The summed E-state index contributed by atoms with van der Waals surface area (Å²) in [5.74, 6) is -0.222. The van der Waals surface area contributed by atoms with Crippen molar-refractivity contribution in [2.45, 2.75) is 44.9 Å². The number of nitrogens with one attached hydrogen (secondary N) is 1. The lowest BCUT2D eigenvalue weighted by atomic mass is 9.86. The minimum absolute atomic E-state index is 0.0119. The smallest absolute Gasteiger partial charge is 0.272 e. The maximum atomic E-state index is 14.9. The van der Waals surface area contributed by atoms with E-state index in [1.165, 1.54) is 25.3 Å². The van der Waals surface area contributed by atoms with Crippen LogP contribution >= 0.6 is 0 Å². The third-order valence-electron chi connectivity index (χ3n) is 9.60. The molecule has 1 N–H and O–H groups in total. The van der Waals surface area contributed by atoms with Crippen LogP contribution in [-0.4, -0.2) is 106 Å². The predicted molar refractivity (Wildman–Crippen MR) is 168 cm³/mol. The molecule has 0 bridgehead atoms. The van der Waals surface area contributed by atoms with Gasteiger partial charge < -0.3 is 14.7 Å². The van der Waals surface area contributed by atoms with E-state index < -0.39 is 11.7 Å². The van der Waals surface area contributed by atoms with Crippen molar-refractivity contribution >= 4 is 28.5 Å². The maximum Gasteiger partial charge on any atom is 0.272 e. The maximum absolute atomic E-state index is 14.9. The molecule has 3 aliphatic rings. The molecule has 238 valence electrons. The molecule has 2 saturated heterocycles. The molecule has 3 aromatic rings. The van der Waals surface area contributed by atoms with Gasteiger partial charge in [-0.3, -0.25) is 24.1 Å². The van der Waals surface area contributed by atoms with Gasteiger partial charge in [0.2, 0.25) is 11.8 Å². The highest BCUT2D eigenvalue weighted by molar-refractivity contribution is 5.95. The van der Waals surface area contributed by atoms with Gasteiger partial charge in [-0.2, -0.15) is 5.10 Å². The monoisotopic (exact) mass is 616 g/mol. The number of hydrogen-bond acceptors (Lipinski definition) is 6. The van der Waals surface area contributed by atoms with Crippen molar-refractivity contribution in [3.8, 4) is 0 Å². The van der Waals surface area contributed by atoms with Gasteiger partial charge in [0, 0.05) is 70.6 Å². The standard InChI is InChI=1S/C34H41FN6O4/c35-29-11-10-25(21-30-26-8-4-5-9-27(26)33(44)37-36-30)20-28(29)34(45)41-18-16-40(17-19-41)32(43)23-38-12-14-39(15-13-38)31(42)22-24-6-2-1-3-7-24/h4-5,8-11,20,24H,1-3,6-7,12-19,21-23H2,(H,37,44). The zero-order valence-corrected chi connectivity index (χ0v) is 25.7. The molecule has 2 aromatic carbocycles. The number of carbonyl (C=O) groups excluding carboxylic acids is 3. The molecular weight excluding hydrogens is 575 g/mol. The molecule has 45 heavy (non-hydrogen) atoms. The molecule has 1 aromatic heterocycles. The fourth-order valence-electron chi connectivity index (χ4n) is 6.89. The first-order chi connectivity index (χ1) is 21.9. The SMILES string of the molecule is O=C(CC1CCCCC1)N1CCN(CC(=O)N2CCN(C(=O)c3cc(Cc4n[nH]c(=O)c5ccccc45)ccc3F)CC2)CC1. The summed E-state index contributed by atoms with van der Waals surface area (Å²) in [6, 6.07) is 11.6. The Morgan fingerprint density at radius 1 is 0.800 bits per heavy atom. The molecule has 6 rings (SSSR count). The fraction of sp³-hybridized carbons (Fsp3) is 0.500. The number of aromatic amines is 1. The summed E-state index contributed by atoms with van der Waals surface area (Å²) >= 11 is 0. The molecule has 0 radical (unpaired) electrons. The van der Waals surface area contributed by atoms with Crippen molar-refractivity contribution in [3.63, 3.8) is 0 Å². The Morgan fingerprint density at radius 3 is 2.18 bits per heavy atom. The van der Waals surface area contributed by atoms with Gasteiger partial charge in [-0.1, -0.05) is 43.5 Å². The van der Waals surface area contributed by atoms with Gasteiger partial charge in [0.25, 0.3) is 11.5 Å². The summed E-state index contributed by atoms with van der Waals surface area (Å²) in [5, 5.41) is 7.96. The number of hydrogen-bond donors (Lipinski definition) is 1. The predicted octanol–water partition coefficient (Wildman–Crippen LogP) is 3.05. The Morgan fingerprint density at radius 2 is 1.44 bits per heavy atom. The second kappa shape index (κ2) is 13.9. The van der Waals surface area contributed by atoms with Crippen LogP contribution < -0.4 is 5.56 Å². The molecular formula is C34H41FN6O4. The molecule has 3 heterocycles. The van der Waals surface area contributed by atoms with Gasteiger partial charge in [-0.25, -0.2) is 9.49 Å². The molecule has 3 fully saturated rings. The van der Waals surface area contributed by atoms with E-state index in [1.54, 1.807) is 34.1 Å². The highest BCUT2D eigenvalue weighted by atomic mass is 19.1. The van der Waals surface area contributed by atoms with Gasteiger partial charge in [-0.05, 0) is 42.5 Å². The number of amides is 3. The zero-order chi connectivity index (χ0) is 31.3. The van der Waals surface area contributed by atoms with Crippen molar-refractivity contribution in [1.82, 2.24) is 29.8 Å². The summed E-state index contributed by atoms with van der Waals surface area (Å²) in [6.45, 7) is 4.38. The van der Waals surface area contributed by atoms with E-state index >= 15 is 0 Å². The second-order valence-corrected chi connectivity index (χ2v) is 12.6. The summed E-state index contributed by atoms with van der Waals surface area (Å²) in [6.07, 6.45) is 7.04. The first-order valence-corrected chi connectivity index (χ1v) is 16.2. The number of fused-ring (bicyclic) bond motifs is 1. The Kier molecular flexibility index (Phi) is 9.53. The summed E-state index contributed by atoms with van der Waals surface area (Å²) in [5.41, 5.74) is 1.04. The largest absolute Gasteiger partial charge is 0.340 e. The highest BCUT2D eigenvalue weighted by Crippen LogP contribution is 2.27. The molecule has 1 aliphatic carbocycles. The van der Waals surface area contributed by atoms with Crippen LogP contribution in [0.5, 0.6) is 0 Å². The molecule has 1 saturated carbocycles. The topological polar surface area (TPSA) is 110 Å². The van der Waals surface area contributed by atoms with E-state index in [4.69, 9.17) is 0 Å². The lowest BCUT2D eigenvalue weighted by Gasteiger charge is -2.38. The van der Waals surface area contributed by atoms with Gasteiger partial charge in [0.15, 0.2) is 0 Å². The number of aromatic nitrogens is 2. The molecule has 2 aliphatic heterocycles. The van der Waals surface area contributed by atoms with Crippen molar-refractivity contribution < 1.29 is 18.8 Å². The van der Waals surface area contributed by atoms with Crippen LogP contribution in [0.2, 0.25) is 0 Å². The fourth-order valence-corrected chi connectivity index (χ4v) is 6.89. The Hall–Kier alpha value is -4.12. The van der Waals surface area contributed by atoms with E-state index in [-0.39, 0.29) is 22.9 Å². The normalized spacial score (nSPS) is 18.4. The lowest BCUT2D eigenvalue weighted by Crippen LogP contribution is -2.55. The van der Waals surface area contributed by atoms with Crippen LogP contribution in [0.15, 0.2) is 47.3 Å². The summed E-state index contributed by atoms with van der Waals surface area (Å²) in [4.78, 5) is 58.8. The minimum atomic E-state index is -0.599. The van der Waals surface area contributed by atoms with Gasteiger partial charge in [0.05, 0.1) is 23.2 Å². The lowest BCUT2D eigenvalue weighted by molar-refractivity contribution is -0.136. The van der Waals surface area contributed by atoms with E-state index in [2.05, 4.69) is 15.1 Å². The Bertz CT molecular complexity index is 1600. The van der Waals surface area contributed by atoms with Crippen LogP contribution in [0, 0.1) is 11.7 Å². The molecule has 3 amide bonds. The van der Waals surface area contributed by atoms with E-state index in [0.29, 0.717) is 99.7 Å². The van der Waals surface area contributed by atoms with Crippen LogP contribution in [0.1, 0.15) is 60.1 Å². The first-order valence-electron chi connectivity index (χ1n) is 16.2. The van der Waals surface area contributed by atoms with Crippen molar-refractivity contribution in [1.29, 1.82) is 0 Å². The van der Waals surface area contributed by atoms with Crippen LogP contribution in [0.4, 0.5) is 4.39 Å². The number of benzene rings is 2. The number of rotatable bonds is 7. The second-order valence-electron chi connectivity index (χ2n) is 12.6. The van der Waals surface area contributed by atoms with Crippen LogP contribution in [-0.2, 0) is 16.0 Å². The van der Waals surface area contributed by atoms with E-state index in [1.807, 2.05) is 17.0 Å². The van der Waals surface area contributed by atoms with Crippen LogP contribution in [0.3, 0.4) is 0 Å². The molecule has 0 spiro atoms. The molecule has 0 unspecified atom stereocenters. The highest BCUT2D eigenvalue weighted by Gasteiger charge is 2.29. The van der Waals surface area contributed by atoms with Gasteiger partial charge in [0.1, 0.15) is 5.82 Å². The third kappa shape index (κ3) is 7.24. The molecule has 11 heteroatoms. The molecule has 0 atom stereocenters. The minimum Gasteiger partial charge on any atom is -0.340 e. The summed E-state index contributed by atoms with van der Waals surface area (Å²) in [7, 11) is 0. The number of nitrogens with zero attached hydrogens (tertiary/aromatic N) is 5.